The van der Waals surface area contributed by atoms with Gasteiger partial charge in [-0.15, -0.1) is 24.8 Å². The lowest BCUT2D eigenvalue weighted by atomic mass is 10.0. The number of nitrogens with zero attached hydrogens (tertiary/aromatic N) is 2. The predicted molar refractivity (Wildman–Crippen MR) is 81.3 cm³/mol. The number of pyridine rings is 1. The van der Waals surface area contributed by atoms with Gasteiger partial charge in [0, 0.05) is 24.8 Å². The van der Waals surface area contributed by atoms with Gasteiger partial charge in [-0.1, -0.05) is 0 Å². The van der Waals surface area contributed by atoms with Crippen LogP contribution in [0.25, 0.3) is 0 Å². The highest BCUT2D eigenvalue weighted by Gasteiger charge is 2.23. The molecule has 1 aliphatic heterocycles. The Kier molecular flexibility index (Phi) is 7.34. The molecule has 6 heteroatoms. The summed E-state index contributed by atoms with van der Waals surface area (Å²) < 4.78 is 0. The van der Waals surface area contributed by atoms with Crippen molar-refractivity contribution in [2.75, 3.05) is 13.1 Å². The van der Waals surface area contributed by atoms with Crippen LogP contribution in [0.2, 0.25) is 0 Å². The molecule has 2 N–H and O–H groups in total. The number of likely N-dealkylation sites (tertiary alicyclic amines) is 1. The summed E-state index contributed by atoms with van der Waals surface area (Å²) in [6.45, 7) is 5.27. The van der Waals surface area contributed by atoms with Crippen molar-refractivity contribution in [3.63, 3.8) is 0 Å². The number of hydrogen-bond donors (Lipinski definition) is 1. The molecule has 1 aromatic heterocycles. The van der Waals surface area contributed by atoms with Crippen LogP contribution in [0.1, 0.15) is 34.6 Å². The Morgan fingerprint density at radius 2 is 2.05 bits per heavy atom. The zero-order valence-corrected chi connectivity index (χ0v) is 12.9. The normalized spacial score (nSPS) is 18.3. The number of amides is 1. The van der Waals surface area contributed by atoms with Crippen molar-refractivity contribution >= 4 is 30.7 Å². The third kappa shape index (κ3) is 4.34. The highest BCUT2D eigenvalue weighted by molar-refractivity contribution is 5.95. The maximum atomic E-state index is 12.3. The first-order valence-electron chi connectivity index (χ1n) is 6.07. The van der Waals surface area contributed by atoms with Gasteiger partial charge >= 0.3 is 0 Å². The van der Waals surface area contributed by atoms with E-state index in [2.05, 4.69) is 4.98 Å². The van der Waals surface area contributed by atoms with Crippen LogP contribution in [0.5, 0.6) is 0 Å². The summed E-state index contributed by atoms with van der Waals surface area (Å²) in [6.07, 6.45) is 2.00. The first-order valence-corrected chi connectivity index (χ1v) is 6.07. The van der Waals surface area contributed by atoms with E-state index >= 15 is 0 Å². The highest BCUT2D eigenvalue weighted by Crippen LogP contribution is 2.14. The Hall–Kier alpha value is -0.840. The number of aryl methyl sites for hydroxylation is 2. The fourth-order valence-electron chi connectivity index (χ4n) is 2.28. The van der Waals surface area contributed by atoms with E-state index in [1.807, 2.05) is 30.9 Å². The summed E-state index contributed by atoms with van der Waals surface area (Å²) >= 11 is 0. The van der Waals surface area contributed by atoms with Crippen molar-refractivity contribution in [3.05, 3.63) is 29.1 Å². The van der Waals surface area contributed by atoms with Gasteiger partial charge in [0.2, 0.25) is 0 Å². The zero-order chi connectivity index (χ0) is 12.4. The van der Waals surface area contributed by atoms with Gasteiger partial charge in [0.25, 0.3) is 5.91 Å². The molecule has 0 spiro atoms. The molecule has 0 saturated carbocycles. The SMILES string of the molecule is Cc1ccc(C(=O)N2CCCC(N)C2)c(C)n1.Cl.Cl. The van der Waals surface area contributed by atoms with Gasteiger partial charge in [-0.25, -0.2) is 0 Å². The first-order chi connectivity index (χ1) is 8.08. The Morgan fingerprint density at radius 1 is 1.37 bits per heavy atom. The average molecular weight is 306 g/mol. The number of carbonyl (C=O) groups is 1. The van der Waals surface area contributed by atoms with E-state index < -0.39 is 0 Å². The third-order valence-corrected chi connectivity index (χ3v) is 3.20. The number of nitrogens with two attached hydrogens (primary N) is 1. The third-order valence-electron chi connectivity index (χ3n) is 3.20. The minimum Gasteiger partial charge on any atom is -0.337 e. The second-order valence-electron chi connectivity index (χ2n) is 4.74. The van der Waals surface area contributed by atoms with Crippen LogP contribution >= 0.6 is 24.8 Å². The van der Waals surface area contributed by atoms with Crippen LogP contribution < -0.4 is 5.73 Å². The molecule has 2 heterocycles. The molecule has 108 valence electrons. The van der Waals surface area contributed by atoms with Crippen LogP contribution in [0, 0.1) is 13.8 Å². The van der Waals surface area contributed by atoms with Crippen molar-refractivity contribution in [2.24, 2.45) is 5.73 Å². The fraction of sp³-hybridized carbons (Fsp3) is 0.538. The molecule has 1 aromatic rings. The van der Waals surface area contributed by atoms with Gasteiger partial charge < -0.3 is 10.6 Å². The van der Waals surface area contributed by atoms with Crippen molar-refractivity contribution < 1.29 is 4.79 Å². The fourth-order valence-corrected chi connectivity index (χ4v) is 2.28. The molecule has 1 unspecified atom stereocenters. The average Bonchev–Trinajstić information content (AvgIpc) is 2.28. The van der Waals surface area contributed by atoms with E-state index in [1.165, 1.54) is 0 Å². The van der Waals surface area contributed by atoms with Gasteiger partial charge in [0.15, 0.2) is 0 Å². The molecule has 1 atom stereocenters. The van der Waals surface area contributed by atoms with E-state index in [-0.39, 0.29) is 36.8 Å². The molecule has 0 aromatic carbocycles. The lowest BCUT2D eigenvalue weighted by Crippen LogP contribution is -2.45. The monoisotopic (exact) mass is 305 g/mol. The second kappa shape index (κ2) is 7.68. The van der Waals surface area contributed by atoms with Crippen molar-refractivity contribution in [1.82, 2.24) is 9.88 Å². The van der Waals surface area contributed by atoms with E-state index in [4.69, 9.17) is 5.73 Å². The van der Waals surface area contributed by atoms with E-state index in [0.29, 0.717) is 12.1 Å². The molecule has 1 saturated heterocycles. The topological polar surface area (TPSA) is 59.2 Å². The minimum atomic E-state index is 0. The molecule has 1 fully saturated rings. The van der Waals surface area contributed by atoms with Crippen LogP contribution in [0.15, 0.2) is 12.1 Å². The van der Waals surface area contributed by atoms with E-state index in [0.717, 1.165) is 30.8 Å². The Labute approximate surface area is 126 Å². The van der Waals surface area contributed by atoms with Gasteiger partial charge in [-0.2, -0.15) is 0 Å². The summed E-state index contributed by atoms with van der Waals surface area (Å²) in [6, 6.07) is 3.86. The second-order valence-corrected chi connectivity index (χ2v) is 4.74. The Morgan fingerprint density at radius 3 is 2.63 bits per heavy atom. The van der Waals surface area contributed by atoms with Crippen molar-refractivity contribution in [2.45, 2.75) is 32.7 Å². The van der Waals surface area contributed by atoms with Crippen LogP contribution in [-0.4, -0.2) is 34.9 Å². The molecular formula is C13H21Cl2N3O. The summed E-state index contributed by atoms with van der Waals surface area (Å²) in [5.41, 5.74) is 8.33. The summed E-state index contributed by atoms with van der Waals surface area (Å²) in [4.78, 5) is 18.5. The number of halogens is 2. The van der Waals surface area contributed by atoms with Gasteiger partial charge in [-0.05, 0) is 38.8 Å². The summed E-state index contributed by atoms with van der Waals surface area (Å²) in [7, 11) is 0. The number of aromatic nitrogens is 1. The number of carbonyl (C=O) groups excluding carboxylic acids is 1. The number of hydrogen-bond acceptors (Lipinski definition) is 3. The van der Waals surface area contributed by atoms with Gasteiger partial charge in [0.1, 0.15) is 0 Å². The minimum absolute atomic E-state index is 0. The standard InChI is InChI=1S/C13H19N3O.2ClH/c1-9-5-6-12(10(2)15-9)13(17)16-7-3-4-11(14)8-16;;/h5-6,11H,3-4,7-8,14H2,1-2H3;2*1H. The molecule has 4 nitrogen and oxygen atoms in total. The molecular weight excluding hydrogens is 285 g/mol. The largest absolute Gasteiger partial charge is 0.337 e. The van der Waals surface area contributed by atoms with Gasteiger partial charge in [0.05, 0.1) is 11.3 Å². The summed E-state index contributed by atoms with van der Waals surface area (Å²) in [5.74, 6) is 0.0603. The smallest absolute Gasteiger partial charge is 0.255 e. The first kappa shape index (κ1) is 18.2. The quantitative estimate of drug-likeness (QED) is 0.864. The zero-order valence-electron chi connectivity index (χ0n) is 11.3. The maximum Gasteiger partial charge on any atom is 0.255 e. The van der Waals surface area contributed by atoms with E-state index in [9.17, 15) is 4.79 Å². The maximum absolute atomic E-state index is 12.3. The van der Waals surface area contributed by atoms with Gasteiger partial charge in [-0.3, -0.25) is 9.78 Å². The molecule has 1 aliphatic rings. The molecule has 1 amide bonds. The molecule has 19 heavy (non-hydrogen) atoms. The molecule has 0 bridgehead atoms. The number of piperidine rings is 1. The van der Waals surface area contributed by atoms with Crippen LogP contribution in [0.4, 0.5) is 0 Å². The van der Waals surface area contributed by atoms with Crippen LogP contribution in [-0.2, 0) is 0 Å². The highest BCUT2D eigenvalue weighted by atomic mass is 35.5. The number of rotatable bonds is 1. The molecule has 0 radical (unpaired) electrons. The van der Waals surface area contributed by atoms with Crippen LogP contribution in [0.3, 0.4) is 0 Å². The Balaban J connectivity index is 0.00000162. The Bertz CT molecular complexity index is 440. The van der Waals surface area contributed by atoms with Crippen molar-refractivity contribution in [1.29, 1.82) is 0 Å². The summed E-state index contributed by atoms with van der Waals surface area (Å²) in [5, 5.41) is 0. The molecule has 0 aliphatic carbocycles. The van der Waals surface area contributed by atoms with Crippen molar-refractivity contribution in [3.8, 4) is 0 Å². The molecule has 2 rings (SSSR count). The lowest BCUT2D eigenvalue weighted by Gasteiger charge is -2.31. The lowest BCUT2D eigenvalue weighted by molar-refractivity contribution is 0.0707. The predicted octanol–water partition coefficient (Wildman–Crippen LogP) is 2.11. The van der Waals surface area contributed by atoms with E-state index in [1.54, 1.807) is 0 Å².